The van der Waals surface area contributed by atoms with Gasteiger partial charge in [0.2, 0.25) is 10.0 Å². The van der Waals surface area contributed by atoms with Gasteiger partial charge in [-0.2, -0.15) is 4.31 Å². The molecule has 0 aliphatic carbocycles. The first-order valence-electron chi connectivity index (χ1n) is 6.81. The quantitative estimate of drug-likeness (QED) is 0.743. The highest BCUT2D eigenvalue weighted by Crippen LogP contribution is 2.19. The molecule has 0 atom stereocenters. The van der Waals surface area contributed by atoms with E-state index in [1.807, 2.05) is 20.8 Å². The third-order valence-corrected chi connectivity index (χ3v) is 5.07. The van der Waals surface area contributed by atoms with Gasteiger partial charge >= 0.3 is 0 Å². The van der Waals surface area contributed by atoms with Gasteiger partial charge in [0.1, 0.15) is 12.4 Å². The van der Waals surface area contributed by atoms with E-state index in [-0.39, 0.29) is 10.9 Å². The molecule has 0 saturated carbocycles. The molecule has 0 saturated heterocycles. The molecular weight excluding hydrogens is 276 g/mol. The molecule has 0 radical (unpaired) electrons. The molecule has 0 fully saturated rings. The fourth-order valence-corrected chi connectivity index (χ4v) is 2.94. The summed E-state index contributed by atoms with van der Waals surface area (Å²) in [6.45, 7) is 7.96. The summed E-state index contributed by atoms with van der Waals surface area (Å²) < 4.78 is 31.4. The Morgan fingerprint density at radius 2 is 1.85 bits per heavy atom. The number of likely N-dealkylation sites (N-methyl/N-ethyl adjacent to an activating group) is 1. The number of rotatable bonds is 8. The lowest BCUT2D eigenvalue weighted by Crippen LogP contribution is -2.33. The van der Waals surface area contributed by atoms with Crippen LogP contribution in [0.2, 0.25) is 0 Å². The fraction of sp³-hybridized carbons (Fsp3) is 0.571. The first-order chi connectivity index (χ1) is 9.39. The van der Waals surface area contributed by atoms with Crippen molar-refractivity contribution in [2.24, 2.45) is 0 Å². The zero-order chi connectivity index (χ0) is 15.2. The van der Waals surface area contributed by atoms with Gasteiger partial charge in [0.25, 0.3) is 0 Å². The molecule has 0 spiro atoms. The molecule has 0 amide bonds. The molecule has 20 heavy (non-hydrogen) atoms. The second kappa shape index (κ2) is 7.61. The van der Waals surface area contributed by atoms with Crippen molar-refractivity contribution in [3.8, 4) is 5.75 Å². The minimum atomic E-state index is -3.42. The highest BCUT2D eigenvalue weighted by Gasteiger charge is 2.22. The van der Waals surface area contributed by atoms with Crippen molar-refractivity contribution in [3.05, 3.63) is 24.3 Å². The Kier molecular flexibility index (Phi) is 6.45. The Labute approximate surface area is 122 Å². The lowest BCUT2D eigenvalue weighted by Gasteiger charge is -2.21. The number of sulfonamides is 1. The van der Waals surface area contributed by atoms with Gasteiger partial charge in [-0.1, -0.05) is 6.92 Å². The number of benzene rings is 1. The van der Waals surface area contributed by atoms with Crippen molar-refractivity contribution in [1.82, 2.24) is 9.62 Å². The Morgan fingerprint density at radius 3 is 2.35 bits per heavy atom. The lowest BCUT2D eigenvalue weighted by atomic mass is 10.3. The normalized spacial score (nSPS) is 12.1. The largest absolute Gasteiger partial charge is 0.492 e. The summed E-state index contributed by atoms with van der Waals surface area (Å²) in [5, 5.41) is 3.15. The van der Waals surface area contributed by atoms with Crippen molar-refractivity contribution in [2.75, 3.05) is 26.7 Å². The highest BCUT2D eigenvalue weighted by atomic mass is 32.2. The summed E-state index contributed by atoms with van der Waals surface area (Å²) in [4.78, 5) is 0.285. The minimum Gasteiger partial charge on any atom is -0.492 e. The number of hydrogen-bond acceptors (Lipinski definition) is 4. The van der Waals surface area contributed by atoms with Crippen molar-refractivity contribution in [2.45, 2.75) is 31.7 Å². The fourth-order valence-electron chi connectivity index (χ4n) is 1.57. The summed E-state index contributed by atoms with van der Waals surface area (Å²) in [6.07, 6.45) is 0. The molecule has 0 heterocycles. The van der Waals surface area contributed by atoms with Crippen molar-refractivity contribution >= 4 is 10.0 Å². The zero-order valence-electron chi connectivity index (χ0n) is 12.6. The Hall–Kier alpha value is -1.11. The van der Waals surface area contributed by atoms with Crippen LogP contribution in [0, 0.1) is 0 Å². The van der Waals surface area contributed by atoms with E-state index in [0.717, 1.165) is 13.1 Å². The molecule has 1 aromatic rings. The maximum Gasteiger partial charge on any atom is 0.243 e. The van der Waals surface area contributed by atoms with E-state index in [0.29, 0.717) is 12.4 Å². The second-order valence-corrected chi connectivity index (χ2v) is 6.79. The van der Waals surface area contributed by atoms with E-state index >= 15 is 0 Å². The van der Waals surface area contributed by atoms with Gasteiger partial charge < -0.3 is 10.1 Å². The molecule has 0 aliphatic rings. The van der Waals surface area contributed by atoms with Crippen molar-refractivity contribution < 1.29 is 13.2 Å². The standard InChI is InChI=1S/C14H24N2O3S/c1-5-15-10-11-19-13-6-8-14(9-7-13)20(17,18)16(4)12(2)3/h6-9,12,15H,5,10-11H2,1-4H3. The van der Waals surface area contributed by atoms with Gasteiger partial charge in [-0.05, 0) is 44.7 Å². The van der Waals surface area contributed by atoms with Crippen LogP contribution < -0.4 is 10.1 Å². The predicted molar refractivity (Wildman–Crippen MR) is 80.6 cm³/mol. The van der Waals surface area contributed by atoms with Crippen LogP contribution in [-0.2, 0) is 10.0 Å². The van der Waals surface area contributed by atoms with E-state index < -0.39 is 10.0 Å². The van der Waals surface area contributed by atoms with Gasteiger partial charge in [0.15, 0.2) is 0 Å². The van der Waals surface area contributed by atoms with Gasteiger partial charge in [-0.15, -0.1) is 0 Å². The van der Waals surface area contributed by atoms with Gasteiger partial charge in [0.05, 0.1) is 4.90 Å². The average Bonchev–Trinajstić information content (AvgIpc) is 2.43. The monoisotopic (exact) mass is 300 g/mol. The molecule has 1 rings (SSSR count). The van der Waals surface area contributed by atoms with E-state index in [1.165, 1.54) is 4.31 Å². The van der Waals surface area contributed by atoms with Gasteiger partial charge in [-0.3, -0.25) is 0 Å². The third-order valence-electron chi connectivity index (χ3n) is 3.03. The smallest absolute Gasteiger partial charge is 0.243 e. The maximum atomic E-state index is 12.3. The topological polar surface area (TPSA) is 58.6 Å². The number of nitrogens with zero attached hydrogens (tertiary/aromatic N) is 1. The minimum absolute atomic E-state index is 0.0731. The van der Waals surface area contributed by atoms with Crippen LogP contribution in [0.1, 0.15) is 20.8 Å². The molecular formula is C14H24N2O3S. The number of hydrogen-bond donors (Lipinski definition) is 1. The third kappa shape index (κ3) is 4.47. The zero-order valence-corrected chi connectivity index (χ0v) is 13.4. The molecule has 0 unspecified atom stereocenters. The predicted octanol–water partition coefficient (Wildman–Crippen LogP) is 1.70. The lowest BCUT2D eigenvalue weighted by molar-refractivity contribution is 0.315. The molecule has 5 nitrogen and oxygen atoms in total. The van der Waals surface area contributed by atoms with E-state index in [1.54, 1.807) is 31.3 Å². The molecule has 0 aliphatic heterocycles. The first-order valence-corrected chi connectivity index (χ1v) is 8.25. The molecule has 114 valence electrons. The van der Waals surface area contributed by atoms with Crippen LogP contribution in [0.4, 0.5) is 0 Å². The molecule has 1 aromatic carbocycles. The van der Waals surface area contributed by atoms with Crippen LogP contribution in [0.25, 0.3) is 0 Å². The molecule has 6 heteroatoms. The first kappa shape index (κ1) is 16.9. The van der Waals surface area contributed by atoms with E-state index in [9.17, 15) is 8.42 Å². The van der Waals surface area contributed by atoms with Crippen molar-refractivity contribution in [3.63, 3.8) is 0 Å². The summed E-state index contributed by atoms with van der Waals surface area (Å²) in [5.41, 5.74) is 0. The highest BCUT2D eigenvalue weighted by molar-refractivity contribution is 7.89. The summed E-state index contributed by atoms with van der Waals surface area (Å²) in [6, 6.07) is 6.46. The van der Waals surface area contributed by atoms with Gasteiger partial charge in [-0.25, -0.2) is 8.42 Å². The Bertz CT molecular complexity index is 498. The van der Waals surface area contributed by atoms with Crippen LogP contribution in [-0.4, -0.2) is 45.5 Å². The Balaban J connectivity index is 2.71. The molecule has 1 N–H and O–H groups in total. The van der Waals surface area contributed by atoms with Crippen LogP contribution in [0.15, 0.2) is 29.2 Å². The van der Waals surface area contributed by atoms with Crippen LogP contribution >= 0.6 is 0 Å². The molecule has 0 bridgehead atoms. The summed E-state index contributed by atoms with van der Waals surface area (Å²) in [5.74, 6) is 0.675. The summed E-state index contributed by atoms with van der Waals surface area (Å²) in [7, 11) is -1.83. The number of ether oxygens (including phenoxy) is 1. The van der Waals surface area contributed by atoms with E-state index in [4.69, 9.17) is 4.74 Å². The molecule has 0 aromatic heterocycles. The SMILES string of the molecule is CCNCCOc1ccc(S(=O)(=O)N(C)C(C)C)cc1. The second-order valence-electron chi connectivity index (χ2n) is 4.79. The summed E-state index contributed by atoms with van der Waals surface area (Å²) >= 11 is 0. The van der Waals surface area contributed by atoms with Crippen LogP contribution in [0.5, 0.6) is 5.75 Å². The van der Waals surface area contributed by atoms with Crippen LogP contribution in [0.3, 0.4) is 0 Å². The number of nitrogens with one attached hydrogen (secondary N) is 1. The average molecular weight is 300 g/mol. The maximum absolute atomic E-state index is 12.3. The van der Waals surface area contributed by atoms with Gasteiger partial charge in [0, 0.05) is 19.6 Å². The van der Waals surface area contributed by atoms with E-state index in [2.05, 4.69) is 5.32 Å². The van der Waals surface area contributed by atoms with Crippen molar-refractivity contribution in [1.29, 1.82) is 0 Å². The Morgan fingerprint density at radius 1 is 1.25 bits per heavy atom.